The van der Waals surface area contributed by atoms with E-state index < -0.39 is 11.8 Å². The van der Waals surface area contributed by atoms with Crippen LogP contribution in [0, 0.1) is 5.82 Å². The van der Waals surface area contributed by atoms with Gasteiger partial charge in [0.15, 0.2) is 24.7 Å². The lowest BCUT2D eigenvalue weighted by Crippen LogP contribution is -2.12. The van der Waals surface area contributed by atoms with Crippen LogP contribution in [-0.4, -0.2) is 31.3 Å². The number of nitrogens with zero attached hydrogens (tertiary/aromatic N) is 4. The number of para-hydroxylation sites is 1. The minimum absolute atomic E-state index is 0.0760. The van der Waals surface area contributed by atoms with E-state index in [1.807, 2.05) is 0 Å². The Morgan fingerprint density at radius 2 is 2.22 bits per heavy atom. The van der Waals surface area contributed by atoms with Crippen molar-refractivity contribution in [3.05, 3.63) is 35.9 Å². The molecule has 1 aromatic heterocycles. The number of ether oxygens (including phenoxy) is 1. The third kappa shape index (κ3) is 3.00. The number of carboxylic acid groups (broad SMARTS) is 1. The first kappa shape index (κ1) is 12.0. The summed E-state index contributed by atoms with van der Waals surface area (Å²) in [6, 6.07) is 5.91. The fourth-order valence-electron chi connectivity index (χ4n) is 1.23. The van der Waals surface area contributed by atoms with E-state index in [4.69, 9.17) is 9.84 Å². The van der Waals surface area contributed by atoms with Gasteiger partial charge in [0.25, 0.3) is 0 Å². The number of aliphatic carboxylic acids is 1. The SMILES string of the molecule is O=C(O)Cn1nnc(COc2ccccc2F)n1. The molecule has 1 N–H and O–H groups in total. The number of halogens is 1. The minimum Gasteiger partial charge on any atom is -0.482 e. The molecule has 0 bridgehead atoms. The van der Waals surface area contributed by atoms with Crippen LogP contribution >= 0.6 is 0 Å². The maximum atomic E-state index is 13.2. The molecule has 0 radical (unpaired) electrons. The van der Waals surface area contributed by atoms with Crippen LogP contribution in [0.3, 0.4) is 0 Å². The van der Waals surface area contributed by atoms with Gasteiger partial charge in [0.2, 0.25) is 5.82 Å². The molecule has 0 saturated carbocycles. The van der Waals surface area contributed by atoms with E-state index in [1.54, 1.807) is 12.1 Å². The van der Waals surface area contributed by atoms with Gasteiger partial charge in [-0.25, -0.2) is 4.39 Å². The van der Waals surface area contributed by atoms with E-state index >= 15 is 0 Å². The highest BCUT2D eigenvalue weighted by molar-refractivity contribution is 5.66. The number of carbonyl (C=O) groups is 1. The number of carboxylic acids is 1. The van der Waals surface area contributed by atoms with Crippen molar-refractivity contribution >= 4 is 5.97 Å². The predicted molar refractivity (Wildman–Crippen MR) is 56.2 cm³/mol. The predicted octanol–water partition coefficient (Wildman–Crippen LogP) is 0.476. The molecular formula is C10H9FN4O3. The van der Waals surface area contributed by atoms with Gasteiger partial charge in [-0.2, -0.15) is 4.80 Å². The molecule has 0 spiro atoms. The highest BCUT2D eigenvalue weighted by Gasteiger charge is 2.08. The van der Waals surface area contributed by atoms with E-state index in [0.29, 0.717) is 0 Å². The van der Waals surface area contributed by atoms with Crippen LogP contribution in [0.15, 0.2) is 24.3 Å². The van der Waals surface area contributed by atoms with Gasteiger partial charge in [-0.15, -0.1) is 10.2 Å². The average Bonchev–Trinajstić information content (AvgIpc) is 2.75. The lowest BCUT2D eigenvalue weighted by atomic mass is 10.3. The number of hydrogen-bond acceptors (Lipinski definition) is 5. The van der Waals surface area contributed by atoms with Crippen molar-refractivity contribution in [2.75, 3.05) is 0 Å². The number of hydrogen-bond donors (Lipinski definition) is 1. The van der Waals surface area contributed by atoms with Crippen molar-refractivity contribution in [1.29, 1.82) is 0 Å². The number of benzene rings is 1. The Labute approximate surface area is 101 Å². The van der Waals surface area contributed by atoms with E-state index in [-0.39, 0.29) is 24.7 Å². The number of rotatable bonds is 5. The van der Waals surface area contributed by atoms with Gasteiger partial charge in [0.1, 0.15) is 0 Å². The normalized spacial score (nSPS) is 10.3. The Morgan fingerprint density at radius 1 is 1.44 bits per heavy atom. The van der Waals surface area contributed by atoms with Crippen LogP contribution in [0.2, 0.25) is 0 Å². The number of aromatic nitrogens is 4. The average molecular weight is 252 g/mol. The summed E-state index contributed by atoms with van der Waals surface area (Å²) in [5.41, 5.74) is 0. The van der Waals surface area contributed by atoms with Crippen LogP contribution in [0.4, 0.5) is 4.39 Å². The van der Waals surface area contributed by atoms with Gasteiger partial charge in [-0.1, -0.05) is 12.1 Å². The molecule has 0 aliphatic rings. The highest BCUT2D eigenvalue weighted by atomic mass is 19.1. The van der Waals surface area contributed by atoms with Crippen molar-refractivity contribution in [1.82, 2.24) is 20.2 Å². The summed E-state index contributed by atoms with van der Waals surface area (Å²) >= 11 is 0. The summed E-state index contributed by atoms with van der Waals surface area (Å²) in [5.74, 6) is -1.31. The Kier molecular flexibility index (Phi) is 3.46. The minimum atomic E-state index is -1.08. The lowest BCUT2D eigenvalue weighted by molar-refractivity contribution is -0.138. The van der Waals surface area contributed by atoms with Gasteiger partial charge in [-0.3, -0.25) is 4.79 Å². The molecule has 0 atom stereocenters. The monoisotopic (exact) mass is 252 g/mol. The molecule has 1 heterocycles. The van der Waals surface area contributed by atoms with Gasteiger partial charge < -0.3 is 9.84 Å². The lowest BCUT2D eigenvalue weighted by Gasteiger charge is -2.03. The maximum absolute atomic E-state index is 13.2. The quantitative estimate of drug-likeness (QED) is 0.832. The van der Waals surface area contributed by atoms with Crippen LogP contribution in [-0.2, 0) is 17.9 Å². The molecule has 0 unspecified atom stereocenters. The Morgan fingerprint density at radius 3 is 2.94 bits per heavy atom. The van der Waals surface area contributed by atoms with Gasteiger partial charge in [0.05, 0.1) is 0 Å². The van der Waals surface area contributed by atoms with Crippen molar-refractivity contribution in [2.45, 2.75) is 13.2 Å². The summed E-state index contributed by atoms with van der Waals surface area (Å²) in [6.07, 6.45) is 0. The van der Waals surface area contributed by atoms with Crippen molar-refractivity contribution in [3.63, 3.8) is 0 Å². The first-order valence-electron chi connectivity index (χ1n) is 5.01. The molecule has 18 heavy (non-hydrogen) atoms. The van der Waals surface area contributed by atoms with Crippen molar-refractivity contribution < 1.29 is 19.0 Å². The Balaban J connectivity index is 1.96. The van der Waals surface area contributed by atoms with Crippen LogP contribution in [0.25, 0.3) is 0 Å². The summed E-state index contributed by atoms with van der Waals surface area (Å²) < 4.78 is 18.3. The molecule has 2 rings (SSSR count). The first-order chi connectivity index (χ1) is 8.65. The highest BCUT2D eigenvalue weighted by Crippen LogP contribution is 2.16. The molecule has 7 nitrogen and oxygen atoms in total. The third-order valence-electron chi connectivity index (χ3n) is 1.96. The Bertz CT molecular complexity index is 558. The first-order valence-corrected chi connectivity index (χ1v) is 5.01. The van der Waals surface area contributed by atoms with Crippen molar-refractivity contribution in [2.24, 2.45) is 0 Å². The van der Waals surface area contributed by atoms with E-state index in [1.165, 1.54) is 12.1 Å². The Hall–Kier alpha value is -2.51. The molecule has 0 saturated heterocycles. The van der Waals surface area contributed by atoms with Gasteiger partial charge in [-0.05, 0) is 17.3 Å². The zero-order chi connectivity index (χ0) is 13.0. The molecule has 8 heteroatoms. The molecule has 0 aliphatic carbocycles. The topological polar surface area (TPSA) is 90.1 Å². The van der Waals surface area contributed by atoms with Crippen LogP contribution in [0.1, 0.15) is 5.82 Å². The van der Waals surface area contributed by atoms with Crippen molar-refractivity contribution in [3.8, 4) is 5.75 Å². The summed E-state index contributed by atoms with van der Waals surface area (Å²) in [5, 5.41) is 19.4. The van der Waals surface area contributed by atoms with Gasteiger partial charge in [0, 0.05) is 0 Å². The molecule has 1 aromatic carbocycles. The summed E-state index contributed by atoms with van der Waals surface area (Å²) in [4.78, 5) is 11.3. The molecule has 2 aromatic rings. The summed E-state index contributed by atoms with van der Waals surface area (Å²) in [7, 11) is 0. The zero-order valence-corrected chi connectivity index (χ0v) is 9.15. The van der Waals surface area contributed by atoms with E-state index in [0.717, 1.165) is 4.80 Å². The molecule has 0 amide bonds. The summed E-state index contributed by atoms with van der Waals surface area (Å²) in [6.45, 7) is -0.465. The van der Waals surface area contributed by atoms with E-state index in [2.05, 4.69) is 15.4 Å². The molecular weight excluding hydrogens is 243 g/mol. The molecule has 0 aliphatic heterocycles. The van der Waals surface area contributed by atoms with Crippen LogP contribution in [0.5, 0.6) is 5.75 Å². The number of tetrazole rings is 1. The van der Waals surface area contributed by atoms with Gasteiger partial charge >= 0.3 is 5.97 Å². The second-order valence-electron chi connectivity index (χ2n) is 3.35. The zero-order valence-electron chi connectivity index (χ0n) is 9.15. The van der Waals surface area contributed by atoms with E-state index in [9.17, 15) is 9.18 Å². The largest absolute Gasteiger partial charge is 0.482 e. The molecule has 0 fully saturated rings. The maximum Gasteiger partial charge on any atom is 0.327 e. The molecule has 94 valence electrons. The fourth-order valence-corrected chi connectivity index (χ4v) is 1.23. The standard InChI is InChI=1S/C10H9FN4O3/c11-7-3-1-2-4-8(7)18-6-9-12-14-15(13-9)5-10(16)17/h1-4H,5-6H2,(H,16,17). The second-order valence-corrected chi connectivity index (χ2v) is 3.35. The fraction of sp³-hybridized carbons (Fsp3) is 0.200. The van der Waals surface area contributed by atoms with Crippen LogP contribution < -0.4 is 4.74 Å². The smallest absolute Gasteiger partial charge is 0.327 e. The second kappa shape index (κ2) is 5.21. The third-order valence-corrected chi connectivity index (χ3v) is 1.96.